The highest BCUT2D eigenvalue weighted by Gasteiger charge is 2.70. The quantitative estimate of drug-likeness (QED) is 0.662. The van der Waals surface area contributed by atoms with E-state index < -0.39 is 11.4 Å². The number of carboxylic acids is 1. The Kier molecular flexibility index (Phi) is 4.51. The Balaban J connectivity index is 1.64. The van der Waals surface area contributed by atoms with Gasteiger partial charge >= 0.3 is 5.97 Å². The third-order valence-corrected chi connectivity index (χ3v) is 6.38. The molecule has 3 aromatic rings. The SMILES string of the molecule is CC1(C(=O)Nc2nc(CC(=O)O)cs2)CC1(c1ccccc1)c1ccccc1. The minimum absolute atomic E-state index is 0.101. The molecular formula is C22H20N2O3S. The summed E-state index contributed by atoms with van der Waals surface area (Å²) >= 11 is 1.25. The molecule has 1 saturated carbocycles. The molecule has 1 unspecified atom stereocenters. The summed E-state index contributed by atoms with van der Waals surface area (Å²) < 4.78 is 0. The van der Waals surface area contributed by atoms with Gasteiger partial charge in [0.25, 0.3) is 0 Å². The number of aliphatic carboxylic acids is 1. The first-order valence-electron chi connectivity index (χ1n) is 9.04. The van der Waals surface area contributed by atoms with Crippen molar-refractivity contribution in [2.45, 2.75) is 25.2 Å². The van der Waals surface area contributed by atoms with Gasteiger partial charge in [-0.2, -0.15) is 0 Å². The van der Waals surface area contributed by atoms with Gasteiger partial charge in [-0.25, -0.2) is 4.98 Å². The van der Waals surface area contributed by atoms with Gasteiger partial charge in [-0.15, -0.1) is 11.3 Å². The molecule has 1 aliphatic rings. The number of carboxylic acid groups (broad SMARTS) is 1. The van der Waals surface area contributed by atoms with Crippen LogP contribution in [0.25, 0.3) is 0 Å². The van der Waals surface area contributed by atoms with Crippen molar-refractivity contribution in [2.75, 3.05) is 5.32 Å². The number of aromatic nitrogens is 1. The fourth-order valence-electron chi connectivity index (χ4n) is 4.05. The molecule has 0 radical (unpaired) electrons. The first-order chi connectivity index (χ1) is 13.5. The van der Waals surface area contributed by atoms with Gasteiger partial charge in [-0.1, -0.05) is 60.7 Å². The molecule has 0 saturated heterocycles. The lowest BCUT2D eigenvalue weighted by Crippen LogP contribution is -2.30. The predicted molar refractivity (Wildman–Crippen MR) is 108 cm³/mol. The van der Waals surface area contributed by atoms with Crippen molar-refractivity contribution in [3.05, 3.63) is 82.9 Å². The first-order valence-corrected chi connectivity index (χ1v) is 9.92. The Labute approximate surface area is 167 Å². The molecule has 0 bridgehead atoms. The van der Waals surface area contributed by atoms with Crippen molar-refractivity contribution < 1.29 is 14.7 Å². The fourth-order valence-corrected chi connectivity index (χ4v) is 4.75. The summed E-state index contributed by atoms with van der Waals surface area (Å²) in [4.78, 5) is 28.3. The molecule has 1 amide bonds. The van der Waals surface area contributed by atoms with E-state index in [2.05, 4.69) is 34.6 Å². The lowest BCUT2D eigenvalue weighted by atomic mass is 9.80. The molecule has 6 heteroatoms. The van der Waals surface area contributed by atoms with Gasteiger partial charge in [0.15, 0.2) is 5.13 Å². The van der Waals surface area contributed by atoms with Gasteiger partial charge in [-0.05, 0) is 24.5 Å². The van der Waals surface area contributed by atoms with E-state index in [0.717, 1.165) is 11.1 Å². The number of thiazole rings is 1. The number of benzene rings is 2. The van der Waals surface area contributed by atoms with E-state index in [1.165, 1.54) is 11.3 Å². The molecule has 0 aliphatic heterocycles. The third-order valence-electron chi connectivity index (χ3n) is 5.57. The molecule has 1 atom stereocenters. The zero-order chi connectivity index (χ0) is 19.8. The number of nitrogens with zero attached hydrogens (tertiary/aromatic N) is 1. The maximum absolute atomic E-state index is 13.2. The second kappa shape index (κ2) is 6.87. The lowest BCUT2D eigenvalue weighted by Gasteiger charge is -2.23. The van der Waals surface area contributed by atoms with Crippen molar-refractivity contribution in [1.29, 1.82) is 0 Å². The van der Waals surface area contributed by atoms with E-state index in [-0.39, 0.29) is 17.7 Å². The maximum atomic E-state index is 13.2. The van der Waals surface area contributed by atoms with Crippen LogP contribution in [0, 0.1) is 5.41 Å². The minimum atomic E-state index is -0.940. The molecule has 2 aromatic carbocycles. The van der Waals surface area contributed by atoms with Crippen molar-refractivity contribution in [2.24, 2.45) is 5.41 Å². The molecule has 2 N–H and O–H groups in total. The van der Waals surface area contributed by atoms with Crippen LogP contribution in [0.1, 0.15) is 30.2 Å². The second-order valence-corrected chi connectivity index (χ2v) is 8.17. The summed E-state index contributed by atoms with van der Waals surface area (Å²) in [5.41, 5.74) is 1.68. The lowest BCUT2D eigenvalue weighted by molar-refractivity contribution is -0.136. The van der Waals surface area contributed by atoms with Crippen LogP contribution < -0.4 is 5.32 Å². The molecule has 1 aliphatic carbocycles. The number of hydrogen-bond donors (Lipinski definition) is 2. The summed E-state index contributed by atoms with van der Waals surface area (Å²) in [6, 6.07) is 20.2. The third kappa shape index (κ3) is 2.99. The number of rotatable bonds is 6. The summed E-state index contributed by atoms with van der Waals surface area (Å²) in [5.74, 6) is -1.04. The largest absolute Gasteiger partial charge is 0.481 e. The number of nitrogens with one attached hydrogen (secondary N) is 1. The van der Waals surface area contributed by atoms with Crippen LogP contribution in [-0.2, 0) is 21.4 Å². The molecule has 1 aromatic heterocycles. The average molecular weight is 392 g/mol. The highest BCUT2D eigenvalue weighted by atomic mass is 32.1. The van der Waals surface area contributed by atoms with E-state index in [9.17, 15) is 9.59 Å². The van der Waals surface area contributed by atoms with Gasteiger partial charge in [0.2, 0.25) is 5.91 Å². The van der Waals surface area contributed by atoms with Gasteiger partial charge in [-0.3, -0.25) is 9.59 Å². The maximum Gasteiger partial charge on any atom is 0.309 e. The number of amides is 1. The van der Waals surface area contributed by atoms with Crippen LogP contribution >= 0.6 is 11.3 Å². The Hall–Kier alpha value is -2.99. The highest BCUT2D eigenvalue weighted by molar-refractivity contribution is 7.13. The Morgan fingerprint density at radius 1 is 1.07 bits per heavy atom. The Bertz CT molecular complexity index is 977. The van der Waals surface area contributed by atoms with Crippen LogP contribution in [0.5, 0.6) is 0 Å². The van der Waals surface area contributed by atoms with Crippen LogP contribution in [0.3, 0.4) is 0 Å². The molecule has 5 nitrogen and oxygen atoms in total. The molecule has 1 fully saturated rings. The summed E-state index contributed by atoms with van der Waals surface area (Å²) in [7, 11) is 0. The molecule has 28 heavy (non-hydrogen) atoms. The Morgan fingerprint density at radius 2 is 1.64 bits per heavy atom. The zero-order valence-corrected chi connectivity index (χ0v) is 16.2. The average Bonchev–Trinajstić information content (AvgIpc) is 3.14. The summed E-state index contributed by atoms with van der Waals surface area (Å²) in [6.07, 6.45) is 0.550. The van der Waals surface area contributed by atoms with Gasteiger partial charge < -0.3 is 10.4 Å². The summed E-state index contributed by atoms with van der Waals surface area (Å²) in [6.45, 7) is 1.98. The Morgan fingerprint density at radius 3 is 2.18 bits per heavy atom. The molecule has 142 valence electrons. The van der Waals surface area contributed by atoms with E-state index >= 15 is 0 Å². The highest BCUT2D eigenvalue weighted by Crippen LogP contribution is 2.68. The first kappa shape index (κ1) is 18.4. The fraction of sp³-hybridized carbons (Fsp3) is 0.227. The van der Waals surface area contributed by atoms with E-state index in [0.29, 0.717) is 17.2 Å². The monoisotopic (exact) mass is 392 g/mol. The van der Waals surface area contributed by atoms with Crippen molar-refractivity contribution in [3.63, 3.8) is 0 Å². The molecular weight excluding hydrogens is 372 g/mol. The van der Waals surface area contributed by atoms with E-state index in [4.69, 9.17) is 5.11 Å². The number of anilines is 1. The standard InChI is InChI=1S/C22H20N2O3S/c1-21(19(27)24-20-23-17(13-28-20)12-18(25)26)14-22(21,15-8-4-2-5-9-15)16-10-6-3-7-11-16/h2-11,13H,12,14H2,1H3,(H,25,26)(H,23,24,27). The normalized spacial score (nSPS) is 19.8. The number of carbonyl (C=O) groups is 2. The van der Waals surface area contributed by atoms with Crippen molar-refractivity contribution in [3.8, 4) is 0 Å². The smallest absolute Gasteiger partial charge is 0.309 e. The van der Waals surface area contributed by atoms with Crippen LogP contribution in [-0.4, -0.2) is 22.0 Å². The van der Waals surface area contributed by atoms with Crippen LogP contribution in [0.15, 0.2) is 66.0 Å². The summed E-state index contributed by atoms with van der Waals surface area (Å²) in [5, 5.41) is 13.9. The molecule has 4 rings (SSSR count). The van der Waals surface area contributed by atoms with E-state index in [1.807, 2.05) is 43.3 Å². The molecule has 0 spiro atoms. The van der Waals surface area contributed by atoms with Crippen LogP contribution in [0.2, 0.25) is 0 Å². The van der Waals surface area contributed by atoms with Gasteiger partial charge in [0.05, 0.1) is 17.5 Å². The molecule has 1 heterocycles. The second-order valence-electron chi connectivity index (χ2n) is 7.31. The number of hydrogen-bond acceptors (Lipinski definition) is 4. The number of carbonyl (C=O) groups excluding carboxylic acids is 1. The van der Waals surface area contributed by atoms with Gasteiger partial charge in [0.1, 0.15) is 0 Å². The predicted octanol–water partition coefficient (Wildman–Crippen LogP) is 4.11. The van der Waals surface area contributed by atoms with Crippen LogP contribution in [0.4, 0.5) is 5.13 Å². The minimum Gasteiger partial charge on any atom is -0.481 e. The van der Waals surface area contributed by atoms with E-state index in [1.54, 1.807) is 5.38 Å². The van der Waals surface area contributed by atoms with Crippen molar-refractivity contribution in [1.82, 2.24) is 4.98 Å². The van der Waals surface area contributed by atoms with Gasteiger partial charge in [0, 0.05) is 10.8 Å². The zero-order valence-electron chi connectivity index (χ0n) is 15.4. The topological polar surface area (TPSA) is 79.3 Å². The van der Waals surface area contributed by atoms with Crippen molar-refractivity contribution >= 4 is 28.3 Å².